The number of amides is 1. The highest BCUT2D eigenvalue weighted by atomic mass is 16.5. The molecule has 8 heteroatoms. The maximum atomic E-state index is 12.8. The smallest absolute Gasteiger partial charge is 0.332 e. The molecule has 8 nitrogen and oxygen atoms in total. The Labute approximate surface area is 161 Å². The lowest BCUT2D eigenvalue weighted by molar-refractivity contribution is -0.118. The van der Waals surface area contributed by atoms with Crippen molar-refractivity contribution in [3.63, 3.8) is 0 Å². The van der Waals surface area contributed by atoms with Gasteiger partial charge in [-0.1, -0.05) is 32.0 Å². The highest BCUT2D eigenvalue weighted by Gasteiger charge is 2.20. The van der Waals surface area contributed by atoms with Crippen LogP contribution in [-0.2, 0) is 18.9 Å². The predicted molar refractivity (Wildman–Crippen MR) is 107 cm³/mol. The summed E-state index contributed by atoms with van der Waals surface area (Å²) in [6, 6.07) is 8.97. The molecular formula is C20H22N4O4. The fourth-order valence-corrected chi connectivity index (χ4v) is 2.96. The molecule has 0 unspecified atom stereocenters. The SMILES string of the molecule is CC(C)c1cnc2c(c1NC(=O)COc1ccccc1)c(=O)n(C)c(=O)n2C. The first-order valence-corrected chi connectivity index (χ1v) is 8.87. The van der Waals surface area contributed by atoms with Gasteiger partial charge in [-0.2, -0.15) is 0 Å². The number of benzene rings is 1. The van der Waals surface area contributed by atoms with Gasteiger partial charge in [0.1, 0.15) is 11.1 Å². The van der Waals surface area contributed by atoms with Crippen molar-refractivity contribution in [2.24, 2.45) is 14.1 Å². The number of anilines is 1. The molecule has 146 valence electrons. The molecule has 2 aromatic heterocycles. The number of fused-ring (bicyclic) bond motifs is 1. The van der Waals surface area contributed by atoms with E-state index in [-0.39, 0.29) is 23.6 Å². The minimum absolute atomic E-state index is 0.00387. The zero-order chi connectivity index (χ0) is 20.4. The van der Waals surface area contributed by atoms with Gasteiger partial charge in [-0.05, 0) is 23.6 Å². The lowest BCUT2D eigenvalue weighted by Gasteiger charge is -2.17. The number of hydrogen-bond donors (Lipinski definition) is 1. The van der Waals surface area contributed by atoms with Gasteiger partial charge in [-0.3, -0.25) is 18.7 Å². The van der Waals surface area contributed by atoms with E-state index in [1.54, 1.807) is 18.3 Å². The van der Waals surface area contributed by atoms with Crippen LogP contribution in [0.25, 0.3) is 11.0 Å². The number of carbonyl (C=O) groups is 1. The van der Waals surface area contributed by atoms with E-state index < -0.39 is 17.2 Å². The molecule has 3 rings (SSSR count). The first kappa shape index (κ1) is 19.3. The number of carbonyl (C=O) groups excluding carboxylic acids is 1. The molecule has 0 saturated carbocycles. The fourth-order valence-electron chi connectivity index (χ4n) is 2.96. The van der Waals surface area contributed by atoms with Crippen LogP contribution in [0.1, 0.15) is 25.3 Å². The quantitative estimate of drug-likeness (QED) is 0.726. The summed E-state index contributed by atoms with van der Waals surface area (Å²) in [6.45, 7) is 3.66. The summed E-state index contributed by atoms with van der Waals surface area (Å²) in [5, 5.41) is 2.99. The summed E-state index contributed by atoms with van der Waals surface area (Å²) >= 11 is 0. The Balaban J connectivity index is 2.05. The van der Waals surface area contributed by atoms with Gasteiger partial charge in [0, 0.05) is 20.3 Å². The summed E-state index contributed by atoms with van der Waals surface area (Å²) in [5.74, 6) is 0.165. The Bertz CT molecular complexity index is 1150. The van der Waals surface area contributed by atoms with Gasteiger partial charge >= 0.3 is 5.69 Å². The number of para-hydroxylation sites is 1. The van der Waals surface area contributed by atoms with Crippen molar-refractivity contribution < 1.29 is 9.53 Å². The number of aryl methyl sites for hydroxylation is 1. The van der Waals surface area contributed by atoms with Gasteiger partial charge in [0.25, 0.3) is 11.5 Å². The number of nitrogens with one attached hydrogen (secondary N) is 1. The molecular weight excluding hydrogens is 360 g/mol. The van der Waals surface area contributed by atoms with Crippen molar-refractivity contribution >= 4 is 22.6 Å². The Morgan fingerprint density at radius 2 is 1.82 bits per heavy atom. The second kappa shape index (κ2) is 7.67. The van der Waals surface area contributed by atoms with Crippen molar-refractivity contribution in [2.75, 3.05) is 11.9 Å². The molecule has 0 radical (unpaired) electrons. The predicted octanol–water partition coefficient (Wildman–Crippen LogP) is 1.77. The third-order valence-electron chi connectivity index (χ3n) is 4.50. The minimum Gasteiger partial charge on any atom is -0.484 e. The van der Waals surface area contributed by atoms with Crippen LogP contribution in [0.2, 0.25) is 0 Å². The number of pyridine rings is 1. The van der Waals surface area contributed by atoms with Gasteiger partial charge in [0.2, 0.25) is 0 Å². The molecule has 2 heterocycles. The Hall–Kier alpha value is -3.42. The van der Waals surface area contributed by atoms with Crippen LogP contribution in [0, 0.1) is 0 Å². The van der Waals surface area contributed by atoms with Gasteiger partial charge in [0.05, 0.1) is 5.69 Å². The van der Waals surface area contributed by atoms with Gasteiger partial charge < -0.3 is 10.1 Å². The second-order valence-corrected chi connectivity index (χ2v) is 6.80. The summed E-state index contributed by atoms with van der Waals surface area (Å²) in [4.78, 5) is 41.8. The topological polar surface area (TPSA) is 95.2 Å². The first-order valence-electron chi connectivity index (χ1n) is 8.87. The number of nitrogens with zero attached hydrogens (tertiary/aromatic N) is 3. The van der Waals surface area contributed by atoms with E-state index in [4.69, 9.17) is 4.74 Å². The first-order chi connectivity index (χ1) is 13.3. The van der Waals surface area contributed by atoms with Crippen LogP contribution in [0.5, 0.6) is 5.75 Å². The van der Waals surface area contributed by atoms with Gasteiger partial charge in [-0.15, -0.1) is 0 Å². The Morgan fingerprint density at radius 1 is 1.14 bits per heavy atom. The minimum atomic E-state index is -0.507. The van der Waals surface area contributed by atoms with Crippen molar-refractivity contribution in [1.29, 1.82) is 0 Å². The maximum absolute atomic E-state index is 12.8. The normalized spacial score (nSPS) is 11.0. The Morgan fingerprint density at radius 3 is 2.46 bits per heavy atom. The Kier molecular flexibility index (Phi) is 5.30. The van der Waals surface area contributed by atoms with Crippen LogP contribution in [0.3, 0.4) is 0 Å². The van der Waals surface area contributed by atoms with E-state index in [0.717, 1.165) is 4.57 Å². The monoisotopic (exact) mass is 382 g/mol. The van der Waals surface area contributed by atoms with Crippen LogP contribution < -0.4 is 21.3 Å². The number of ether oxygens (including phenoxy) is 1. The lowest BCUT2D eigenvalue weighted by atomic mass is 10.0. The molecule has 0 atom stereocenters. The number of rotatable bonds is 5. The highest BCUT2D eigenvalue weighted by molar-refractivity contribution is 6.01. The zero-order valence-corrected chi connectivity index (χ0v) is 16.2. The van der Waals surface area contributed by atoms with Crippen molar-refractivity contribution in [1.82, 2.24) is 14.1 Å². The summed E-state index contributed by atoms with van der Waals surface area (Å²) in [7, 11) is 2.94. The van der Waals surface area contributed by atoms with Crippen molar-refractivity contribution in [3.8, 4) is 5.75 Å². The molecule has 1 N–H and O–H groups in total. The molecule has 0 saturated heterocycles. The lowest BCUT2D eigenvalue weighted by Crippen LogP contribution is -2.38. The third kappa shape index (κ3) is 3.53. The van der Waals surface area contributed by atoms with E-state index in [1.165, 1.54) is 18.7 Å². The summed E-state index contributed by atoms with van der Waals surface area (Å²) in [5.41, 5.74) is 0.297. The van der Waals surface area contributed by atoms with Crippen LogP contribution >= 0.6 is 0 Å². The summed E-state index contributed by atoms with van der Waals surface area (Å²) in [6.07, 6.45) is 1.58. The van der Waals surface area contributed by atoms with E-state index in [1.807, 2.05) is 32.0 Å². The van der Waals surface area contributed by atoms with E-state index in [9.17, 15) is 14.4 Å². The highest BCUT2D eigenvalue weighted by Crippen LogP contribution is 2.28. The zero-order valence-electron chi connectivity index (χ0n) is 16.2. The molecule has 1 amide bonds. The van der Waals surface area contributed by atoms with Gasteiger partial charge in [-0.25, -0.2) is 9.78 Å². The van der Waals surface area contributed by atoms with Crippen LogP contribution in [0.15, 0.2) is 46.1 Å². The van der Waals surface area contributed by atoms with E-state index >= 15 is 0 Å². The molecule has 0 bridgehead atoms. The second-order valence-electron chi connectivity index (χ2n) is 6.80. The largest absolute Gasteiger partial charge is 0.484 e. The van der Waals surface area contributed by atoms with Crippen LogP contribution in [-0.4, -0.2) is 26.6 Å². The number of aromatic nitrogens is 3. The van der Waals surface area contributed by atoms with E-state index in [0.29, 0.717) is 17.0 Å². The van der Waals surface area contributed by atoms with Crippen molar-refractivity contribution in [2.45, 2.75) is 19.8 Å². The average molecular weight is 382 g/mol. The molecule has 0 aliphatic carbocycles. The van der Waals surface area contributed by atoms with Crippen LogP contribution in [0.4, 0.5) is 5.69 Å². The third-order valence-corrected chi connectivity index (χ3v) is 4.50. The average Bonchev–Trinajstić information content (AvgIpc) is 2.69. The number of hydrogen-bond acceptors (Lipinski definition) is 5. The van der Waals surface area contributed by atoms with Gasteiger partial charge in [0.15, 0.2) is 12.3 Å². The summed E-state index contributed by atoms with van der Waals surface area (Å²) < 4.78 is 7.78. The fraction of sp³-hybridized carbons (Fsp3) is 0.300. The molecule has 0 aliphatic rings. The molecule has 1 aromatic carbocycles. The molecule has 28 heavy (non-hydrogen) atoms. The molecule has 0 aliphatic heterocycles. The van der Waals surface area contributed by atoms with Crippen molar-refractivity contribution in [3.05, 3.63) is 62.9 Å². The maximum Gasteiger partial charge on any atom is 0.332 e. The standard InChI is InChI=1S/C20H22N4O4/c1-12(2)14-10-21-18-16(19(26)24(4)20(27)23(18)3)17(14)22-15(25)11-28-13-8-6-5-7-9-13/h5-10,12H,11H2,1-4H3,(H,21,22,25). The van der Waals surface area contributed by atoms with E-state index in [2.05, 4.69) is 10.3 Å². The molecule has 0 fully saturated rings. The molecule has 0 spiro atoms. The molecule has 3 aromatic rings.